The maximum Gasteiger partial charge on any atom is 0.220 e. The fraction of sp³-hybridized carbons (Fsp3) is 0.409. The molecule has 0 bridgehead atoms. The number of para-hydroxylation sites is 1. The van der Waals surface area contributed by atoms with E-state index in [1.165, 1.54) is 24.0 Å². The van der Waals surface area contributed by atoms with E-state index in [9.17, 15) is 4.79 Å². The second-order valence-corrected chi connectivity index (χ2v) is 7.33. The zero-order valence-electron chi connectivity index (χ0n) is 15.5. The quantitative estimate of drug-likeness (QED) is 0.730. The number of nitrogens with one attached hydrogen (secondary N) is 1. The van der Waals surface area contributed by atoms with Gasteiger partial charge in [-0.2, -0.15) is 0 Å². The van der Waals surface area contributed by atoms with Crippen molar-refractivity contribution in [2.24, 2.45) is 0 Å². The molecule has 4 heteroatoms. The molecule has 3 nitrogen and oxygen atoms in total. The van der Waals surface area contributed by atoms with Crippen LogP contribution < -0.4 is 11.1 Å². The van der Waals surface area contributed by atoms with Gasteiger partial charge in [-0.3, -0.25) is 4.79 Å². The summed E-state index contributed by atoms with van der Waals surface area (Å²) in [6, 6.07) is 16.5. The molecule has 2 aromatic rings. The molecule has 1 aliphatic rings. The second-order valence-electron chi connectivity index (χ2n) is 7.33. The Morgan fingerprint density at radius 2 is 1.85 bits per heavy atom. The predicted octanol–water partition coefficient (Wildman–Crippen LogP) is 4.56. The molecule has 1 amide bonds. The maximum absolute atomic E-state index is 12.4. The number of aryl methyl sites for hydroxylation is 2. The monoisotopic (exact) mass is 372 g/mol. The number of benzene rings is 2. The highest BCUT2D eigenvalue weighted by Crippen LogP contribution is 2.40. The lowest BCUT2D eigenvalue weighted by atomic mass is 9.78. The van der Waals surface area contributed by atoms with Crippen LogP contribution in [-0.4, -0.2) is 12.5 Å². The number of nitrogens with two attached hydrogens (primary N) is 1. The molecule has 3 N–H and O–H groups in total. The SMILES string of the molecule is Cc1cccc(C2(CNC(=O)CCc3ccccc3N)CCCC2)c1.Cl. The smallest absolute Gasteiger partial charge is 0.220 e. The average Bonchev–Trinajstić information content (AvgIpc) is 3.09. The van der Waals surface area contributed by atoms with Crippen molar-refractivity contribution in [2.45, 2.75) is 50.9 Å². The van der Waals surface area contributed by atoms with Gasteiger partial charge in [0.1, 0.15) is 0 Å². The molecule has 0 saturated heterocycles. The van der Waals surface area contributed by atoms with E-state index in [0.717, 1.165) is 30.6 Å². The van der Waals surface area contributed by atoms with E-state index in [1.54, 1.807) is 0 Å². The molecule has 1 aliphatic carbocycles. The Hall–Kier alpha value is -2.00. The molecule has 0 aromatic heterocycles. The lowest BCUT2D eigenvalue weighted by molar-refractivity contribution is -0.121. The number of rotatable bonds is 6. The summed E-state index contributed by atoms with van der Waals surface area (Å²) >= 11 is 0. The Morgan fingerprint density at radius 3 is 2.54 bits per heavy atom. The first-order valence-electron chi connectivity index (χ1n) is 9.26. The van der Waals surface area contributed by atoms with Crippen LogP contribution in [0, 0.1) is 6.92 Å². The number of hydrogen-bond donors (Lipinski definition) is 2. The summed E-state index contributed by atoms with van der Waals surface area (Å²) in [5, 5.41) is 3.19. The van der Waals surface area contributed by atoms with Gasteiger partial charge in [0.25, 0.3) is 0 Å². The van der Waals surface area contributed by atoms with E-state index < -0.39 is 0 Å². The molecule has 0 unspecified atom stereocenters. The molecule has 0 aliphatic heterocycles. The number of carbonyl (C=O) groups excluding carboxylic acids is 1. The molecular weight excluding hydrogens is 344 g/mol. The fourth-order valence-electron chi connectivity index (χ4n) is 3.96. The first-order chi connectivity index (χ1) is 12.1. The first-order valence-corrected chi connectivity index (χ1v) is 9.26. The summed E-state index contributed by atoms with van der Waals surface area (Å²) in [5.74, 6) is 0.113. The number of halogens is 1. The minimum Gasteiger partial charge on any atom is -0.399 e. The van der Waals surface area contributed by atoms with Crippen molar-refractivity contribution in [1.82, 2.24) is 5.32 Å². The van der Waals surface area contributed by atoms with Crippen LogP contribution in [0.15, 0.2) is 48.5 Å². The zero-order valence-corrected chi connectivity index (χ0v) is 16.3. The lowest BCUT2D eigenvalue weighted by Gasteiger charge is -2.30. The molecule has 1 fully saturated rings. The Kier molecular flexibility index (Phi) is 7.10. The Morgan fingerprint density at radius 1 is 1.12 bits per heavy atom. The van der Waals surface area contributed by atoms with Crippen LogP contribution >= 0.6 is 12.4 Å². The van der Waals surface area contributed by atoms with E-state index >= 15 is 0 Å². The predicted molar refractivity (Wildman–Crippen MR) is 111 cm³/mol. The molecule has 2 aromatic carbocycles. The van der Waals surface area contributed by atoms with Gasteiger partial charge in [0.05, 0.1) is 0 Å². The van der Waals surface area contributed by atoms with Crippen molar-refractivity contribution in [3.8, 4) is 0 Å². The van der Waals surface area contributed by atoms with E-state index in [2.05, 4.69) is 36.5 Å². The third-order valence-electron chi connectivity index (χ3n) is 5.49. The van der Waals surface area contributed by atoms with Crippen molar-refractivity contribution in [2.75, 3.05) is 12.3 Å². The Labute approximate surface area is 162 Å². The van der Waals surface area contributed by atoms with Gasteiger partial charge in [-0.25, -0.2) is 0 Å². The van der Waals surface area contributed by atoms with Gasteiger partial charge in [0.15, 0.2) is 0 Å². The van der Waals surface area contributed by atoms with E-state index in [-0.39, 0.29) is 23.7 Å². The van der Waals surface area contributed by atoms with Gasteiger partial charge >= 0.3 is 0 Å². The zero-order chi connectivity index (χ0) is 17.7. The molecule has 3 rings (SSSR count). The van der Waals surface area contributed by atoms with Gasteiger partial charge in [-0.15, -0.1) is 12.4 Å². The maximum atomic E-state index is 12.4. The summed E-state index contributed by atoms with van der Waals surface area (Å²) in [6.07, 6.45) is 5.97. The van der Waals surface area contributed by atoms with Crippen LogP contribution in [0.3, 0.4) is 0 Å². The number of hydrogen-bond acceptors (Lipinski definition) is 2. The molecule has 0 radical (unpaired) electrons. The molecule has 1 saturated carbocycles. The van der Waals surface area contributed by atoms with Gasteiger partial charge in [-0.05, 0) is 43.4 Å². The van der Waals surface area contributed by atoms with E-state index in [4.69, 9.17) is 5.73 Å². The highest BCUT2D eigenvalue weighted by molar-refractivity contribution is 5.85. The highest BCUT2D eigenvalue weighted by atomic mass is 35.5. The average molecular weight is 373 g/mol. The van der Waals surface area contributed by atoms with Crippen molar-refractivity contribution in [1.29, 1.82) is 0 Å². The van der Waals surface area contributed by atoms with Gasteiger partial charge in [0, 0.05) is 24.1 Å². The number of anilines is 1. The normalized spacial score (nSPS) is 15.3. The van der Waals surface area contributed by atoms with Crippen LogP contribution in [0.1, 0.15) is 48.8 Å². The van der Waals surface area contributed by atoms with Crippen LogP contribution in [-0.2, 0) is 16.6 Å². The van der Waals surface area contributed by atoms with Crippen LogP contribution in [0.4, 0.5) is 5.69 Å². The third kappa shape index (κ3) is 4.79. The van der Waals surface area contributed by atoms with Crippen LogP contribution in [0.2, 0.25) is 0 Å². The molecule has 26 heavy (non-hydrogen) atoms. The topological polar surface area (TPSA) is 55.1 Å². The van der Waals surface area contributed by atoms with Gasteiger partial charge in [-0.1, -0.05) is 60.9 Å². The Bertz CT molecular complexity index is 738. The first kappa shape index (κ1) is 20.3. The summed E-state index contributed by atoms with van der Waals surface area (Å²) in [4.78, 5) is 12.4. The van der Waals surface area contributed by atoms with Crippen molar-refractivity contribution in [3.05, 3.63) is 65.2 Å². The summed E-state index contributed by atoms with van der Waals surface area (Å²) in [5.41, 5.74) is 10.5. The molecule has 0 spiro atoms. The third-order valence-corrected chi connectivity index (χ3v) is 5.49. The standard InChI is InChI=1S/C22H28N2O.ClH/c1-17-7-6-9-19(15-17)22(13-4-5-14-22)16-24-21(25)12-11-18-8-2-3-10-20(18)23;/h2-3,6-10,15H,4-5,11-14,16,23H2,1H3,(H,24,25);1H. The largest absolute Gasteiger partial charge is 0.399 e. The van der Waals surface area contributed by atoms with Gasteiger partial charge < -0.3 is 11.1 Å². The Balaban J connectivity index is 0.00000243. The molecule has 0 heterocycles. The second kappa shape index (κ2) is 9.09. The summed E-state index contributed by atoms with van der Waals surface area (Å²) < 4.78 is 0. The fourth-order valence-corrected chi connectivity index (χ4v) is 3.96. The van der Waals surface area contributed by atoms with Crippen molar-refractivity contribution >= 4 is 24.0 Å². The minimum absolute atomic E-state index is 0. The highest BCUT2D eigenvalue weighted by Gasteiger charge is 2.35. The lowest BCUT2D eigenvalue weighted by Crippen LogP contribution is -2.39. The summed E-state index contributed by atoms with van der Waals surface area (Å²) in [6.45, 7) is 2.87. The van der Waals surface area contributed by atoms with Crippen LogP contribution in [0.5, 0.6) is 0 Å². The number of carbonyl (C=O) groups is 1. The van der Waals surface area contributed by atoms with E-state index in [1.807, 2.05) is 24.3 Å². The van der Waals surface area contributed by atoms with E-state index in [0.29, 0.717) is 12.8 Å². The van der Waals surface area contributed by atoms with Crippen molar-refractivity contribution < 1.29 is 4.79 Å². The summed E-state index contributed by atoms with van der Waals surface area (Å²) in [7, 11) is 0. The van der Waals surface area contributed by atoms with Crippen molar-refractivity contribution in [3.63, 3.8) is 0 Å². The molecule has 0 atom stereocenters. The molecule has 140 valence electrons. The number of nitrogen functional groups attached to an aromatic ring is 1. The van der Waals surface area contributed by atoms with Gasteiger partial charge in [0.2, 0.25) is 5.91 Å². The minimum atomic E-state index is 0. The number of amides is 1. The van der Waals surface area contributed by atoms with Crippen LogP contribution in [0.25, 0.3) is 0 Å². The molecular formula is C22H29ClN2O.